The van der Waals surface area contributed by atoms with Crippen LogP contribution in [0.3, 0.4) is 0 Å². The van der Waals surface area contributed by atoms with Gasteiger partial charge in [0.05, 0.1) is 19.8 Å². The van der Waals surface area contributed by atoms with Crippen LogP contribution in [0.5, 0.6) is 0 Å². The van der Waals surface area contributed by atoms with Gasteiger partial charge in [0, 0.05) is 6.61 Å². The SMILES string of the molecule is CCOC(=O)C(CCCCCOCC12CC3CC(CC(C3)C1)C2)C(=O)OCC. The Morgan fingerprint density at radius 3 is 1.89 bits per heavy atom. The first-order valence-corrected chi connectivity index (χ1v) is 11.5. The molecule has 4 aliphatic rings. The number of carbonyl (C=O) groups is 2. The van der Waals surface area contributed by atoms with Crippen molar-refractivity contribution in [1.29, 1.82) is 0 Å². The van der Waals surface area contributed by atoms with E-state index in [1.807, 2.05) is 0 Å². The summed E-state index contributed by atoms with van der Waals surface area (Å²) in [7, 11) is 0. The highest BCUT2D eigenvalue weighted by Crippen LogP contribution is 2.60. The molecule has 160 valence electrons. The van der Waals surface area contributed by atoms with Crippen LogP contribution in [0.25, 0.3) is 0 Å². The van der Waals surface area contributed by atoms with Crippen molar-refractivity contribution >= 4 is 11.9 Å². The summed E-state index contributed by atoms with van der Waals surface area (Å²) in [6, 6.07) is 0. The Labute approximate surface area is 169 Å². The first kappa shape index (κ1) is 21.6. The summed E-state index contributed by atoms with van der Waals surface area (Å²) >= 11 is 0. The van der Waals surface area contributed by atoms with Crippen molar-refractivity contribution in [2.75, 3.05) is 26.4 Å². The van der Waals surface area contributed by atoms with Crippen molar-refractivity contribution < 1.29 is 23.8 Å². The fourth-order valence-electron chi connectivity index (χ4n) is 6.30. The van der Waals surface area contributed by atoms with Gasteiger partial charge in [0.15, 0.2) is 5.92 Å². The van der Waals surface area contributed by atoms with Gasteiger partial charge in [-0.1, -0.05) is 12.8 Å². The van der Waals surface area contributed by atoms with Gasteiger partial charge in [-0.15, -0.1) is 0 Å². The summed E-state index contributed by atoms with van der Waals surface area (Å²) in [5.41, 5.74) is 0.480. The Hall–Kier alpha value is -1.10. The van der Waals surface area contributed by atoms with Gasteiger partial charge in [0.2, 0.25) is 0 Å². The molecular formula is C23H38O5. The summed E-state index contributed by atoms with van der Waals surface area (Å²) in [6.07, 6.45) is 11.8. The summed E-state index contributed by atoms with van der Waals surface area (Å²) in [5.74, 6) is 1.21. The molecule has 0 amide bonds. The molecule has 4 bridgehead atoms. The van der Waals surface area contributed by atoms with E-state index < -0.39 is 17.9 Å². The van der Waals surface area contributed by atoms with Crippen molar-refractivity contribution in [2.45, 2.75) is 78.1 Å². The van der Waals surface area contributed by atoms with Gasteiger partial charge in [0.1, 0.15) is 0 Å². The van der Waals surface area contributed by atoms with Crippen LogP contribution >= 0.6 is 0 Å². The fourth-order valence-corrected chi connectivity index (χ4v) is 6.30. The number of rotatable bonds is 12. The van der Waals surface area contributed by atoms with Crippen LogP contribution in [-0.4, -0.2) is 38.4 Å². The van der Waals surface area contributed by atoms with Gasteiger partial charge < -0.3 is 14.2 Å². The molecule has 5 heteroatoms. The monoisotopic (exact) mass is 394 g/mol. The third kappa shape index (κ3) is 5.49. The van der Waals surface area contributed by atoms with Crippen molar-refractivity contribution in [3.05, 3.63) is 0 Å². The Morgan fingerprint density at radius 1 is 0.857 bits per heavy atom. The number of esters is 2. The fraction of sp³-hybridized carbons (Fsp3) is 0.913. The second-order valence-electron chi connectivity index (χ2n) is 9.38. The van der Waals surface area contributed by atoms with E-state index in [2.05, 4.69) is 0 Å². The number of ether oxygens (including phenoxy) is 3. The standard InChI is InChI=1S/C23H38O5/c1-3-27-21(24)20(22(25)28-4-2)8-6-5-7-9-26-16-23-13-17-10-18(14-23)12-19(11-17)15-23/h17-20H,3-16H2,1-2H3. The first-order chi connectivity index (χ1) is 13.5. The normalized spacial score (nSPS) is 30.6. The second kappa shape index (κ2) is 10.1. The summed E-state index contributed by atoms with van der Waals surface area (Å²) in [6.45, 7) is 5.79. The van der Waals surface area contributed by atoms with Gasteiger partial charge >= 0.3 is 11.9 Å². The lowest BCUT2D eigenvalue weighted by Gasteiger charge is -2.56. The smallest absolute Gasteiger partial charge is 0.320 e. The highest BCUT2D eigenvalue weighted by molar-refractivity contribution is 5.94. The number of hydrogen-bond donors (Lipinski definition) is 0. The van der Waals surface area contributed by atoms with Crippen LogP contribution in [0.1, 0.15) is 78.1 Å². The first-order valence-electron chi connectivity index (χ1n) is 11.5. The van der Waals surface area contributed by atoms with E-state index in [4.69, 9.17) is 14.2 Å². The molecule has 0 saturated heterocycles. The largest absolute Gasteiger partial charge is 0.465 e. The number of unbranched alkanes of at least 4 members (excludes halogenated alkanes) is 2. The predicted octanol–water partition coefficient (Wildman–Crippen LogP) is 4.52. The van der Waals surface area contributed by atoms with E-state index in [0.29, 0.717) is 11.8 Å². The third-order valence-corrected chi connectivity index (χ3v) is 7.00. The zero-order valence-electron chi connectivity index (χ0n) is 17.8. The number of hydrogen-bond acceptors (Lipinski definition) is 5. The minimum absolute atomic E-state index is 0.285. The van der Waals surface area contributed by atoms with E-state index in [1.54, 1.807) is 13.8 Å². The van der Waals surface area contributed by atoms with E-state index >= 15 is 0 Å². The van der Waals surface area contributed by atoms with Crippen LogP contribution < -0.4 is 0 Å². The minimum Gasteiger partial charge on any atom is -0.465 e. The second-order valence-corrected chi connectivity index (χ2v) is 9.38. The highest BCUT2D eigenvalue weighted by atomic mass is 16.6. The molecular weight excluding hydrogens is 356 g/mol. The van der Waals surface area contributed by atoms with Gasteiger partial charge in [0.25, 0.3) is 0 Å². The average Bonchev–Trinajstić information content (AvgIpc) is 2.63. The van der Waals surface area contributed by atoms with Gasteiger partial charge in [-0.3, -0.25) is 9.59 Å². The molecule has 4 fully saturated rings. The van der Waals surface area contributed by atoms with Crippen LogP contribution in [0.15, 0.2) is 0 Å². The lowest BCUT2D eigenvalue weighted by Crippen LogP contribution is -2.48. The molecule has 0 atom stereocenters. The van der Waals surface area contributed by atoms with Gasteiger partial charge in [-0.25, -0.2) is 0 Å². The highest BCUT2D eigenvalue weighted by Gasteiger charge is 2.50. The Morgan fingerprint density at radius 2 is 1.39 bits per heavy atom. The molecule has 0 spiro atoms. The van der Waals surface area contributed by atoms with Crippen LogP contribution in [-0.2, 0) is 23.8 Å². The predicted molar refractivity (Wildman–Crippen MR) is 107 cm³/mol. The van der Waals surface area contributed by atoms with Crippen molar-refractivity contribution in [3.63, 3.8) is 0 Å². The molecule has 0 aromatic carbocycles. The molecule has 0 aliphatic heterocycles. The molecule has 4 saturated carbocycles. The molecule has 0 radical (unpaired) electrons. The Kier molecular flexibility index (Phi) is 7.78. The summed E-state index contributed by atoms with van der Waals surface area (Å²) < 4.78 is 16.2. The van der Waals surface area contributed by atoms with Crippen molar-refractivity contribution in [3.8, 4) is 0 Å². The van der Waals surface area contributed by atoms with E-state index in [-0.39, 0.29) is 13.2 Å². The van der Waals surface area contributed by atoms with Crippen LogP contribution in [0.4, 0.5) is 0 Å². The molecule has 0 unspecified atom stereocenters. The Bertz CT molecular complexity index is 476. The van der Waals surface area contributed by atoms with Gasteiger partial charge in [-0.2, -0.15) is 0 Å². The molecule has 0 aromatic rings. The van der Waals surface area contributed by atoms with Crippen LogP contribution in [0, 0.1) is 29.1 Å². The molecule has 0 heterocycles. The zero-order valence-corrected chi connectivity index (χ0v) is 17.8. The van der Waals surface area contributed by atoms with E-state index in [0.717, 1.165) is 50.2 Å². The molecule has 4 aliphatic carbocycles. The van der Waals surface area contributed by atoms with Gasteiger partial charge in [-0.05, 0) is 88.4 Å². The third-order valence-electron chi connectivity index (χ3n) is 7.00. The maximum absolute atomic E-state index is 12.0. The number of carbonyl (C=O) groups excluding carboxylic acids is 2. The quantitative estimate of drug-likeness (QED) is 0.277. The summed E-state index contributed by atoms with van der Waals surface area (Å²) in [4.78, 5) is 24.0. The van der Waals surface area contributed by atoms with Crippen molar-refractivity contribution in [1.82, 2.24) is 0 Å². The maximum atomic E-state index is 12.0. The zero-order chi connectivity index (χ0) is 20.0. The molecule has 28 heavy (non-hydrogen) atoms. The Balaban J connectivity index is 1.31. The lowest BCUT2D eigenvalue weighted by molar-refractivity contribution is -0.162. The molecule has 5 nitrogen and oxygen atoms in total. The lowest BCUT2D eigenvalue weighted by atomic mass is 9.50. The minimum atomic E-state index is -0.784. The van der Waals surface area contributed by atoms with Crippen LogP contribution in [0.2, 0.25) is 0 Å². The topological polar surface area (TPSA) is 61.8 Å². The van der Waals surface area contributed by atoms with Crippen molar-refractivity contribution in [2.24, 2.45) is 29.1 Å². The summed E-state index contributed by atoms with van der Waals surface area (Å²) in [5, 5.41) is 0. The maximum Gasteiger partial charge on any atom is 0.320 e. The van der Waals surface area contributed by atoms with E-state index in [9.17, 15) is 9.59 Å². The molecule has 0 N–H and O–H groups in total. The molecule has 0 aromatic heterocycles. The molecule has 4 rings (SSSR count). The average molecular weight is 395 g/mol. The van der Waals surface area contributed by atoms with E-state index in [1.165, 1.54) is 38.5 Å².